The number of aromatic nitrogens is 1. The van der Waals surface area contributed by atoms with Crippen LogP contribution >= 0.6 is 0 Å². The van der Waals surface area contributed by atoms with Crippen LogP contribution in [0.4, 0.5) is 19.0 Å². The fourth-order valence-corrected chi connectivity index (χ4v) is 1.00. The summed E-state index contributed by atoms with van der Waals surface area (Å²) in [5.74, 6) is -0.885. The standard InChI is InChI=1S/C9H9F3N2O2/c1-16-8(15)6-3-2-4-13-7(6)14-5-9(10,11)12/h2-4H,5H2,1H3,(H,13,14). The van der Waals surface area contributed by atoms with E-state index in [2.05, 4.69) is 9.72 Å². The second-order valence-electron chi connectivity index (χ2n) is 2.86. The van der Waals surface area contributed by atoms with Gasteiger partial charge in [0.2, 0.25) is 0 Å². The molecule has 0 atom stereocenters. The molecule has 4 nitrogen and oxygen atoms in total. The van der Waals surface area contributed by atoms with Gasteiger partial charge in [0, 0.05) is 6.20 Å². The van der Waals surface area contributed by atoms with Crippen LogP contribution in [0.15, 0.2) is 18.3 Å². The Morgan fingerprint density at radius 1 is 1.56 bits per heavy atom. The number of methoxy groups -OCH3 is 1. The Kier molecular flexibility index (Phi) is 3.70. The highest BCUT2D eigenvalue weighted by Gasteiger charge is 2.27. The SMILES string of the molecule is COC(=O)c1cccnc1NCC(F)(F)F. The number of nitrogens with zero attached hydrogens (tertiary/aromatic N) is 1. The molecule has 0 saturated heterocycles. The summed E-state index contributed by atoms with van der Waals surface area (Å²) in [6.07, 6.45) is -3.09. The van der Waals surface area contributed by atoms with Gasteiger partial charge in [-0.05, 0) is 12.1 Å². The molecule has 0 unspecified atom stereocenters. The first-order valence-electron chi connectivity index (χ1n) is 4.28. The summed E-state index contributed by atoms with van der Waals surface area (Å²) in [6.45, 7) is -1.26. The second-order valence-corrected chi connectivity index (χ2v) is 2.86. The first kappa shape index (κ1) is 12.3. The zero-order valence-corrected chi connectivity index (χ0v) is 8.34. The lowest BCUT2D eigenvalue weighted by atomic mass is 10.2. The van der Waals surface area contributed by atoms with Gasteiger partial charge in [0.25, 0.3) is 0 Å². The van der Waals surface area contributed by atoms with Gasteiger partial charge >= 0.3 is 12.1 Å². The van der Waals surface area contributed by atoms with Crippen molar-refractivity contribution >= 4 is 11.8 Å². The predicted octanol–water partition coefficient (Wildman–Crippen LogP) is 1.84. The van der Waals surface area contributed by atoms with Crippen molar-refractivity contribution in [1.82, 2.24) is 4.98 Å². The number of halogens is 3. The highest BCUT2D eigenvalue weighted by molar-refractivity contribution is 5.94. The van der Waals surface area contributed by atoms with E-state index >= 15 is 0 Å². The Balaban J connectivity index is 2.83. The maximum atomic E-state index is 11.9. The van der Waals surface area contributed by atoms with Crippen LogP contribution < -0.4 is 5.32 Å². The third kappa shape index (κ3) is 3.41. The van der Waals surface area contributed by atoms with Gasteiger partial charge < -0.3 is 10.1 Å². The van der Waals surface area contributed by atoms with E-state index in [1.165, 1.54) is 18.3 Å². The molecule has 7 heteroatoms. The number of hydrogen-bond acceptors (Lipinski definition) is 4. The molecule has 0 aliphatic rings. The lowest BCUT2D eigenvalue weighted by molar-refractivity contribution is -0.115. The zero-order valence-electron chi connectivity index (χ0n) is 8.34. The Hall–Kier alpha value is -1.79. The molecular formula is C9H9F3N2O2. The largest absolute Gasteiger partial charge is 0.465 e. The molecule has 0 amide bonds. The molecule has 0 radical (unpaired) electrons. The summed E-state index contributed by atoms with van der Waals surface area (Å²) in [7, 11) is 1.14. The number of anilines is 1. The number of esters is 1. The quantitative estimate of drug-likeness (QED) is 0.811. The van der Waals surface area contributed by atoms with Crippen LogP contribution in [0, 0.1) is 0 Å². The van der Waals surface area contributed by atoms with Crippen LogP contribution in [0.3, 0.4) is 0 Å². The van der Waals surface area contributed by atoms with Crippen LogP contribution in [0.2, 0.25) is 0 Å². The number of rotatable bonds is 3. The van der Waals surface area contributed by atoms with E-state index in [0.29, 0.717) is 0 Å². The van der Waals surface area contributed by atoms with Crippen LogP contribution in [-0.2, 0) is 4.74 Å². The van der Waals surface area contributed by atoms with Crippen molar-refractivity contribution in [3.05, 3.63) is 23.9 Å². The number of nitrogens with one attached hydrogen (secondary N) is 1. The molecule has 0 bridgehead atoms. The second kappa shape index (κ2) is 4.82. The molecule has 1 aromatic heterocycles. The highest BCUT2D eigenvalue weighted by atomic mass is 19.4. The van der Waals surface area contributed by atoms with E-state index in [9.17, 15) is 18.0 Å². The summed E-state index contributed by atoms with van der Waals surface area (Å²) < 4.78 is 40.3. The topological polar surface area (TPSA) is 51.2 Å². The van der Waals surface area contributed by atoms with E-state index < -0.39 is 18.7 Å². The minimum atomic E-state index is -4.37. The van der Waals surface area contributed by atoms with E-state index in [-0.39, 0.29) is 11.4 Å². The van der Waals surface area contributed by atoms with Crippen molar-refractivity contribution in [2.24, 2.45) is 0 Å². The van der Waals surface area contributed by atoms with Crippen molar-refractivity contribution in [1.29, 1.82) is 0 Å². The summed E-state index contributed by atoms with van der Waals surface area (Å²) in [4.78, 5) is 14.8. The molecule has 1 N–H and O–H groups in total. The average Bonchev–Trinajstić information content (AvgIpc) is 2.25. The lowest BCUT2D eigenvalue weighted by Crippen LogP contribution is -2.23. The minimum absolute atomic E-state index is 0.0331. The molecule has 0 saturated carbocycles. The molecule has 0 aliphatic carbocycles. The van der Waals surface area contributed by atoms with Crippen LogP contribution in [0.25, 0.3) is 0 Å². The minimum Gasteiger partial charge on any atom is -0.465 e. The highest BCUT2D eigenvalue weighted by Crippen LogP contribution is 2.18. The molecule has 0 spiro atoms. The molecular weight excluding hydrogens is 225 g/mol. The number of ether oxygens (including phenoxy) is 1. The molecule has 0 aromatic carbocycles. The Morgan fingerprint density at radius 3 is 2.81 bits per heavy atom. The Morgan fingerprint density at radius 2 is 2.25 bits per heavy atom. The maximum Gasteiger partial charge on any atom is 0.405 e. The van der Waals surface area contributed by atoms with Crippen molar-refractivity contribution in [3.63, 3.8) is 0 Å². The van der Waals surface area contributed by atoms with Crippen LogP contribution in [0.1, 0.15) is 10.4 Å². The molecule has 16 heavy (non-hydrogen) atoms. The number of pyridine rings is 1. The predicted molar refractivity (Wildman–Crippen MR) is 50.1 cm³/mol. The Labute approximate surface area is 89.4 Å². The maximum absolute atomic E-state index is 11.9. The van der Waals surface area contributed by atoms with Gasteiger partial charge in [0.15, 0.2) is 0 Å². The number of hydrogen-bond donors (Lipinski definition) is 1. The first-order valence-corrected chi connectivity index (χ1v) is 4.28. The van der Waals surface area contributed by atoms with E-state index in [0.717, 1.165) is 7.11 Å². The summed E-state index contributed by atoms with van der Waals surface area (Å²) in [5, 5.41) is 2.03. The van der Waals surface area contributed by atoms with Gasteiger partial charge in [-0.15, -0.1) is 0 Å². The third-order valence-corrected chi connectivity index (χ3v) is 1.67. The zero-order chi connectivity index (χ0) is 12.2. The van der Waals surface area contributed by atoms with Crippen LogP contribution in [-0.4, -0.2) is 30.8 Å². The lowest BCUT2D eigenvalue weighted by Gasteiger charge is -2.11. The molecule has 0 fully saturated rings. The van der Waals surface area contributed by atoms with Crippen molar-refractivity contribution < 1.29 is 22.7 Å². The molecule has 1 aromatic rings. The van der Waals surface area contributed by atoms with Crippen molar-refractivity contribution in [2.75, 3.05) is 19.0 Å². The Bertz CT molecular complexity index is 379. The van der Waals surface area contributed by atoms with Gasteiger partial charge in [-0.2, -0.15) is 13.2 Å². The van der Waals surface area contributed by atoms with Gasteiger partial charge in [-0.25, -0.2) is 9.78 Å². The van der Waals surface area contributed by atoms with Crippen LogP contribution in [0.5, 0.6) is 0 Å². The van der Waals surface area contributed by atoms with E-state index in [1.807, 2.05) is 5.32 Å². The summed E-state index contributed by atoms with van der Waals surface area (Å²) in [6, 6.07) is 2.77. The van der Waals surface area contributed by atoms with Gasteiger partial charge in [0.1, 0.15) is 17.9 Å². The van der Waals surface area contributed by atoms with E-state index in [1.54, 1.807) is 0 Å². The van der Waals surface area contributed by atoms with Gasteiger partial charge in [0.05, 0.1) is 7.11 Å². The fraction of sp³-hybridized carbons (Fsp3) is 0.333. The number of carbonyl (C=O) groups is 1. The van der Waals surface area contributed by atoms with Gasteiger partial charge in [-0.1, -0.05) is 0 Å². The third-order valence-electron chi connectivity index (χ3n) is 1.67. The van der Waals surface area contributed by atoms with Crippen molar-refractivity contribution in [3.8, 4) is 0 Å². The summed E-state index contributed by atoms with van der Waals surface area (Å²) in [5.41, 5.74) is -0.0331. The molecule has 0 aliphatic heterocycles. The number of carbonyl (C=O) groups excluding carboxylic acids is 1. The normalized spacial score (nSPS) is 11.0. The van der Waals surface area contributed by atoms with Crippen molar-refractivity contribution in [2.45, 2.75) is 6.18 Å². The molecule has 1 heterocycles. The molecule has 1 rings (SSSR count). The summed E-state index contributed by atoms with van der Waals surface area (Å²) >= 11 is 0. The van der Waals surface area contributed by atoms with Gasteiger partial charge in [-0.3, -0.25) is 0 Å². The first-order chi connectivity index (χ1) is 7.44. The number of alkyl halides is 3. The monoisotopic (exact) mass is 234 g/mol. The molecule has 88 valence electrons. The average molecular weight is 234 g/mol. The van der Waals surface area contributed by atoms with E-state index in [4.69, 9.17) is 0 Å². The fourth-order valence-electron chi connectivity index (χ4n) is 1.00. The smallest absolute Gasteiger partial charge is 0.405 e.